The van der Waals surface area contributed by atoms with Crippen molar-refractivity contribution in [1.29, 1.82) is 0 Å². The summed E-state index contributed by atoms with van der Waals surface area (Å²) in [5.41, 5.74) is 1.37. The van der Waals surface area contributed by atoms with Crippen LogP contribution in [0, 0.1) is 0 Å². The Morgan fingerprint density at radius 2 is 1.86 bits per heavy atom. The molecule has 1 aromatic heterocycles. The van der Waals surface area contributed by atoms with Crippen molar-refractivity contribution in [3.8, 4) is 5.69 Å². The highest BCUT2D eigenvalue weighted by molar-refractivity contribution is 6.35. The van der Waals surface area contributed by atoms with E-state index in [1.807, 2.05) is 30.3 Å². The van der Waals surface area contributed by atoms with E-state index in [1.54, 1.807) is 18.2 Å². The summed E-state index contributed by atoms with van der Waals surface area (Å²) in [5.74, 6) is -0.411. The van der Waals surface area contributed by atoms with Gasteiger partial charge < -0.3 is 5.32 Å². The summed E-state index contributed by atoms with van der Waals surface area (Å²) >= 11 is 11.9. The molecule has 0 saturated heterocycles. The molecule has 0 aliphatic heterocycles. The lowest BCUT2D eigenvalue weighted by Gasteiger charge is -2.05. The van der Waals surface area contributed by atoms with E-state index in [0.29, 0.717) is 15.7 Å². The second kappa shape index (κ2) is 6.17. The number of rotatable bonds is 3. The number of halogens is 2. The number of para-hydroxylation sites is 1. The van der Waals surface area contributed by atoms with E-state index in [1.165, 1.54) is 11.0 Å². The Labute approximate surface area is 136 Å². The number of nitrogens with zero attached hydrogens (tertiary/aromatic N) is 3. The highest BCUT2D eigenvalue weighted by Gasteiger charge is 2.13. The Hall–Kier alpha value is -2.37. The second-order valence-corrected chi connectivity index (χ2v) is 5.28. The molecule has 0 aliphatic rings. The molecule has 0 atom stereocenters. The Bertz CT molecular complexity index is 817. The summed E-state index contributed by atoms with van der Waals surface area (Å²) in [6.07, 6.45) is 1.39. The van der Waals surface area contributed by atoms with E-state index in [-0.39, 0.29) is 5.69 Å². The maximum Gasteiger partial charge on any atom is 0.277 e. The molecular weight excluding hydrogens is 323 g/mol. The molecule has 7 heteroatoms. The Morgan fingerprint density at radius 1 is 1.09 bits per heavy atom. The van der Waals surface area contributed by atoms with Crippen molar-refractivity contribution in [3.63, 3.8) is 0 Å². The van der Waals surface area contributed by atoms with Gasteiger partial charge in [0.15, 0.2) is 5.69 Å². The smallest absolute Gasteiger partial charge is 0.277 e. The zero-order chi connectivity index (χ0) is 15.5. The van der Waals surface area contributed by atoms with E-state index < -0.39 is 5.91 Å². The molecule has 0 radical (unpaired) electrons. The first kappa shape index (κ1) is 14.6. The molecule has 1 amide bonds. The molecule has 0 aliphatic carbocycles. The van der Waals surface area contributed by atoms with Crippen LogP contribution >= 0.6 is 23.2 Å². The van der Waals surface area contributed by atoms with Gasteiger partial charge in [0.25, 0.3) is 5.91 Å². The fourth-order valence-corrected chi connectivity index (χ4v) is 2.17. The number of aromatic nitrogens is 3. The van der Waals surface area contributed by atoms with Gasteiger partial charge in [-0.3, -0.25) is 4.79 Å². The average molecular weight is 333 g/mol. The zero-order valence-corrected chi connectivity index (χ0v) is 12.7. The number of carbonyl (C=O) groups is 1. The second-order valence-electron chi connectivity index (χ2n) is 4.43. The van der Waals surface area contributed by atoms with Crippen LogP contribution in [0.25, 0.3) is 5.69 Å². The van der Waals surface area contributed by atoms with Gasteiger partial charge in [0, 0.05) is 5.02 Å². The Morgan fingerprint density at radius 3 is 2.64 bits per heavy atom. The predicted molar refractivity (Wildman–Crippen MR) is 85.8 cm³/mol. The quantitative estimate of drug-likeness (QED) is 0.792. The molecule has 0 bridgehead atoms. The highest BCUT2D eigenvalue weighted by Crippen LogP contribution is 2.25. The van der Waals surface area contributed by atoms with E-state index in [4.69, 9.17) is 23.2 Å². The van der Waals surface area contributed by atoms with Crippen molar-refractivity contribution < 1.29 is 4.79 Å². The first-order chi connectivity index (χ1) is 10.6. The summed E-state index contributed by atoms with van der Waals surface area (Å²) < 4.78 is 0. The number of nitrogens with one attached hydrogen (secondary N) is 1. The van der Waals surface area contributed by atoms with E-state index in [2.05, 4.69) is 15.5 Å². The van der Waals surface area contributed by atoms with Gasteiger partial charge in [-0.1, -0.05) is 41.4 Å². The van der Waals surface area contributed by atoms with Gasteiger partial charge in [-0.25, -0.2) is 0 Å². The van der Waals surface area contributed by atoms with Gasteiger partial charge in [0.1, 0.15) is 0 Å². The molecule has 0 unspecified atom stereocenters. The minimum absolute atomic E-state index is 0.180. The van der Waals surface area contributed by atoms with Gasteiger partial charge in [0.2, 0.25) is 0 Å². The molecule has 22 heavy (non-hydrogen) atoms. The van der Waals surface area contributed by atoms with Crippen molar-refractivity contribution in [1.82, 2.24) is 15.0 Å². The van der Waals surface area contributed by atoms with Crippen LogP contribution < -0.4 is 5.32 Å². The molecule has 0 fully saturated rings. The number of benzene rings is 2. The van der Waals surface area contributed by atoms with E-state index in [0.717, 1.165) is 5.69 Å². The Kier molecular flexibility index (Phi) is 4.09. The molecule has 3 aromatic rings. The Balaban J connectivity index is 1.81. The van der Waals surface area contributed by atoms with Gasteiger partial charge >= 0.3 is 0 Å². The van der Waals surface area contributed by atoms with Gasteiger partial charge in [-0.15, -0.1) is 5.10 Å². The van der Waals surface area contributed by atoms with Gasteiger partial charge in [-0.2, -0.15) is 9.90 Å². The van der Waals surface area contributed by atoms with E-state index in [9.17, 15) is 4.79 Å². The van der Waals surface area contributed by atoms with Crippen molar-refractivity contribution in [3.05, 3.63) is 70.5 Å². The minimum atomic E-state index is -0.411. The third-order valence-corrected chi connectivity index (χ3v) is 3.45. The lowest BCUT2D eigenvalue weighted by molar-refractivity contribution is 0.102. The number of hydrogen-bond acceptors (Lipinski definition) is 3. The lowest BCUT2D eigenvalue weighted by Crippen LogP contribution is -2.13. The maximum atomic E-state index is 12.2. The summed E-state index contributed by atoms with van der Waals surface area (Å²) in [6, 6.07) is 14.1. The maximum absolute atomic E-state index is 12.2. The molecule has 1 heterocycles. The standard InChI is InChI=1S/C15H10Cl2N4O/c16-10-6-7-12(17)13(8-10)19-15(22)14-9-18-21(20-14)11-4-2-1-3-5-11/h1-9H,(H,19,22). The van der Waals surface area contributed by atoms with Crippen LogP contribution in [0.5, 0.6) is 0 Å². The van der Waals surface area contributed by atoms with Crippen molar-refractivity contribution in [2.45, 2.75) is 0 Å². The molecule has 1 N–H and O–H groups in total. The molecule has 3 rings (SSSR count). The zero-order valence-electron chi connectivity index (χ0n) is 11.2. The van der Waals surface area contributed by atoms with Crippen LogP contribution in [0.2, 0.25) is 10.0 Å². The molecule has 0 spiro atoms. The number of hydrogen-bond donors (Lipinski definition) is 1. The van der Waals surface area contributed by atoms with Gasteiger partial charge in [-0.05, 0) is 30.3 Å². The number of carbonyl (C=O) groups excluding carboxylic acids is 1. The van der Waals surface area contributed by atoms with Crippen LogP contribution in [0.15, 0.2) is 54.7 Å². The number of amides is 1. The fourth-order valence-electron chi connectivity index (χ4n) is 1.83. The largest absolute Gasteiger partial charge is 0.319 e. The van der Waals surface area contributed by atoms with Crippen molar-refractivity contribution >= 4 is 34.8 Å². The third-order valence-electron chi connectivity index (χ3n) is 2.89. The van der Waals surface area contributed by atoms with E-state index >= 15 is 0 Å². The molecule has 110 valence electrons. The predicted octanol–water partition coefficient (Wildman–Crippen LogP) is 3.83. The molecule has 5 nitrogen and oxygen atoms in total. The third kappa shape index (κ3) is 3.10. The minimum Gasteiger partial charge on any atom is -0.319 e. The van der Waals surface area contributed by atoms with Crippen LogP contribution in [-0.2, 0) is 0 Å². The van der Waals surface area contributed by atoms with Crippen LogP contribution in [0.1, 0.15) is 10.5 Å². The summed E-state index contributed by atoms with van der Waals surface area (Å²) in [6.45, 7) is 0. The summed E-state index contributed by atoms with van der Waals surface area (Å²) in [7, 11) is 0. The monoisotopic (exact) mass is 332 g/mol. The normalized spacial score (nSPS) is 10.5. The summed E-state index contributed by atoms with van der Waals surface area (Å²) in [4.78, 5) is 13.6. The SMILES string of the molecule is O=C(Nc1cc(Cl)ccc1Cl)c1cnn(-c2ccccc2)n1. The molecule has 2 aromatic carbocycles. The van der Waals surface area contributed by atoms with Crippen LogP contribution in [0.3, 0.4) is 0 Å². The first-order valence-corrected chi connectivity index (χ1v) is 7.13. The van der Waals surface area contributed by atoms with Gasteiger partial charge in [0.05, 0.1) is 22.6 Å². The number of anilines is 1. The van der Waals surface area contributed by atoms with Crippen LogP contribution in [0.4, 0.5) is 5.69 Å². The lowest BCUT2D eigenvalue weighted by atomic mass is 10.3. The fraction of sp³-hybridized carbons (Fsp3) is 0. The van der Waals surface area contributed by atoms with Crippen molar-refractivity contribution in [2.75, 3.05) is 5.32 Å². The van der Waals surface area contributed by atoms with Crippen molar-refractivity contribution in [2.24, 2.45) is 0 Å². The topological polar surface area (TPSA) is 59.8 Å². The highest BCUT2D eigenvalue weighted by atomic mass is 35.5. The average Bonchev–Trinajstić information content (AvgIpc) is 3.02. The first-order valence-electron chi connectivity index (χ1n) is 6.37. The molecular formula is C15H10Cl2N4O. The molecule has 0 saturated carbocycles. The van der Waals surface area contributed by atoms with Crippen LogP contribution in [-0.4, -0.2) is 20.9 Å². The summed E-state index contributed by atoms with van der Waals surface area (Å²) in [5, 5.41) is 11.8.